The lowest BCUT2D eigenvalue weighted by atomic mass is 9.91. The second kappa shape index (κ2) is 8.39. The number of amides is 1. The molecule has 1 aliphatic carbocycles. The summed E-state index contributed by atoms with van der Waals surface area (Å²) < 4.78 is 34.5. The van der Waals surface area contributed by atoms with Crippen LogP contribution in [0, 0.1) is 11.6 Å². The van der Waals surface area contributed by atoms with Crippen molar-refractivity contribution in [1.29, 1.82) is 0 Å². The van der Waals surface area contributed by atoms with Gasteiger partial charge in [-0.1, -0.05) is 12.1 Å². The number of aromatic nitrogens is 2. The van der Waals surface area contributed by atoms with E-state index in [0.29, 0.717) is 30.0 Å². The Morgan fingerprint density at radius 3 is 2.93 bits per heavy atom. The van der Waals surface area contributed by atoms with Crippen LogP contribution in [0.15, 0.2) is 41.0 Å². The first-order valence-corrected chi connectivity index (χ1v) is 9.93. The SMILES string of the molecule is CN(Cc1ccco1)C(=O)c1nn(C)c2c1CC(NCc1cccc(F)c1F)CC2. The van der Waals surface area contributed by atoms with Crippen molar-refractivity contribution in [3.05, 3.63) is 76.5 Å². The third-order valence-corrected chi connectivity index (χ3v) is 5.59. The van der Waals surface area contributed by atoms with Gasteiger partial charge < -0.3 is 14.6 Å². The highest BCUT2D eigenvalue weighted by molar-refractivity contribution is 5.94. The molecule has 30 heavy (non-hydrogen) atoms. The average molecular weight is 414 g/mol. The minimum atomic E-state index is -0.847. The summed E-state index contributed by atoms with van der Waals surface area (Å²) in [4.78, 5) is 14.6. The van der Waals surface area contributed by atoms with E-state index in [-0.39, 0.29) is 18.5 Å². The fourth-order valence-electron chi connectivity index (χ4n) is 3.96. The van der Waals surface area contributed by atoms with E-state index in [1.807, 2.05) is 13.1 Å². The molecule has 6 nitrogen and oxygen atoms in total. The topological polar surface area (TPSA) is 63.3 Å². The molecule has 0 saturated heterocycles. The number of rotatable bonds is 6. The molecule has 0 spiro atoms. The Bertz CT molecular complexity index is 1050. The van der Waals surface area contributed by atoms with Gasteiger partial charge in [-0.05, 0) is 37.5 Å². The van der Waals surface area contributed by atoms with E-state index in [0.717, 1.165) is 30.2 Å². The van der Waals surface area contributed by atoms with Crippen LogP contribution < -0.4 is 5.32 Å². The van der Waals surface area contributed by atoms with Gasteiger partial charge >= 0.3 is 0 Å². The Labute approximate surface area is 173 Å². The van der Waals surface area contributed by atoms with Gasteiger partial charge in [0.2, 0.25) is 0 Å². The maximum atomic E-state index is 13.9. The summed E-state index contributed by atoms with van der Waals surface area (Å²) in [5.41, 5.74) is 2.68. The summed E-state index contributed by atoms with van der Waals surface area (Å²) in [5, 5.41) is 7.78. The number of halogens is 2. The molecule has 1 unspecified atom stereocenters. The van der Waals surface area contributed by atoms with Crippen LogP contribution in [0.4, 0.5) is 8.78 Å². The van der Waals surface area contributed by atoms with Crippen LogP contribution >= 0.6 is 0 Å². The molecule has 1 aliphatic rings. The molecule has 2 aromatic heterocycles. The lowest BCUT2D eigenvalue weighted by Crippen LogP contribution is -2.35. The van der Waals surface area contributed by atoms with Crippen molar-refractivity contribution in [3.63, 3.8) is 0 Å². The summed E-state index contributed by atoms with van der Waals surface area (Å²) in [6.07, 6.45) is 3.78. The molecule has 0 aliphatic heterocycles. The largest absolute Gasteiger partial charge is 0.467 e. The third-order valence-electron chi connectivity index (χ3n) is 5.59. The van der Waals surface area contributed by atoms with Gasteiger partial charge in [-0.15, -0.1) is 0 Å². The molecule has 1 atom stereocenters. The standard InChI is InChI=1S/C22H24F2N4O2/c1-27(13-16-6-4-10-30-16)22(29)21-17-11-15(8-9-19(17)28(2)26-21)25-12-14-5-3-7-18(23)20(14)24/h3-7,10,15,25H,8-9,11-13H2,1-2H3. The number of nitrogens with zero attached hydrogens (tertiary/aromatic N) is 3. The van der Waals surface area contributed by atoms with Crippen LogP contribution in [0.3, 0.4) is 0 Å². The third kappa shape index (κ3) is 4.00. The van der Waals surface area contributed by atoms with Gasteiger partial charge in [-0.25, -0.2) is 8.78 Å². The van der Waals surface area contributed by atoms with Gasteiger partial charge in [0, 0.05) is 43.5 Å². The van der Waals surface area contributed by atoms with E-state index in [1.165, 1.54) is 6.07 Å². The highest BCUT2D eigenvalue weighted by atomic mass is 19.2. The number of benzene rings is 1. The van der Waals surface area contributed by atoms with Crippen molar-refractivity contribution in [2.75, 3.05) is 7.05 Å². The van der Waals surface area contributed by atoms with Gasteiger partial charge in [0.15, 0.2) is 17.3 Å². The van der Waals surface area contributed by atoms with Crippen molar-refractivity contribution >= 4 is 5.91 Å². The summed E-state index contributed by atoms with van der Waals surface area (Å²) >= 11 is 0. The Balaban J connectivity index is 1.47. The van der Waals surface area contributed by atoms with Gasteiger partial charge in [-0.3, -0.25) is 9.48 Å². The molecule has 3 aromatic rings. The van der Waals surface area contributed by atoms with Crippen LogP contribution in [0.2, 0.25) is 0 Å². The fourth-order valence-corrected chi connectivity index (χ4v) is 3.96. The monoisotopic (exact) mass is 414 g/mol. The molecule has 8 heteroatoms. The molecule has 0 radical (unpaired) electrons. The molecule has 158 valence electrons. The van der Waals surface area contributed by atoms with Gasteiger partial charge in [0.1, 0.15) is 5.76 Å². The number of nitrogens with one attached hydrogen (secondary N) is 1. The molecule has 4 rings (SSSR count). The first-order chi connectivity index (χ1) is 14.4. The molecule has 0 bridgehead atoms. The molecule has 0 fully saturated rings. The van der Waals surface area contributed by atoms with E-state index in [1.54, 1.807) is 35.0 Å². The number of aryl methyl sites for hydroxylation is 1. The summed E-state index contributed by atoms with van der Waals surface area (Å²) in [6, 6.07) is 7.84. The summed E-state index contributed by atoms with van der Waals surface area (Å²) in [6.45, 7) is 0.587. The number of hydrogen-bond acceptors (Lipinski definition) is 4. The Morgan fingerprint density at radius 2 is 2.17 bits per heavy atom. The molecule has 1 amide bonds. The zero-order valence-corrected chi connectivity index (χ0v) is 17.0. The molecule has 1 aromatic carbocycles. The van der Waals surface area contributed by atoms with Crippen molar-refractivity contribution in [1.82, 2.24) is 20.0 Å². The van der Waals surface area contributed by atoms with Crippen molar-refractivity contribution in [2.45, 2.75) is 38.4 Å². The lowest BCUT2D eigenvalue weighted by Gasteiger charge is -2.25. The van der Waals surface area contributed by atoms with E-state index >= 15 is 0 Å². The Hall–Kier alpha value is -3.00. The van der Waals surface area contributed by atoms with Crippen molar-refractivity contribution < 1.29 is 18.0 Å². The second-order valence-electron chi connectivity index (χ2n) is 7.67. The van der Waals surface area contributed by atoms with Crippen molar-refractivity contribution in [2.24, 2.45) is 7.05 Å². The summed E-state index contributed by atoms with van der Waals surface area (Å²) in [7, 11) is 3.56. The second-order valence-corrected chi connectivity index (χ2v) is 7.67. The molecular formula is C22H24F2N4O2. The zero-order valence-electron chi connectivity index (χ0n) is 17.0. The lowest BCUT2D eigenvalue weighted by molar-refractivity contribution is 0.0767. The number of carbonyl (C=O) groups is 1. The predicted molar refractivity (Wildman–Crippen MR) is 107 cm³/mol. The van der Waals surface area contributed by atoms with Gasteiger partial charge in [-0.2, -0.15) is 5.10 Å². The minimum absolute atomic E-state index is 0.0475. The van der Waals surface area contributed by atoms with Crippen LogP contribution in [-0.4, -0.2) is 33.7 Å². The predicted octanol–water partition coefficient (Wildman–Crippen LogP) is 3.21. The Kier molecular flexibility index (Phi) is 5.67. The number of fused-ring (bicyclic) bond motifs is 1. The molecule has 0 saturated carbocycles. The molecule has 1 N–H and O–H groups in total. The van der Waals surface area contributed by atoms with E-state index < -0.39 is 11.6 Å². The minimum Gasteiger partial charge on any atom is -0.467 e. The van der Waals surface area contributed by atoms with Gasteiger partial charge in [0.25, 0.3) is 5.91 Å². The fraction of sp³-hybridized carbons (Fsp3) is 0.364. The highest BCUT2D eigenvalue weighted by Gasteiger charge is 2.29. The quantitative estimate of drug-likeness (QED) is 0.673. The van der Waals surface area contributed by atoms with E-state index in [9.17, 15) is 13.6 Å². The maximum Gasteiger partial charge on any atom is 0.274 e. The summed E-state index contributed by atoms with van der Waals surface area (Å²) in [5.74, 6) is -1.13. The van der Waals surface area contributed by atoms with Crippen LogP contribution in [0.25, 0.3) is 0 Å². The molecule has 2 heterocycles. The molecular weight excluding hydrogens is 390 g/mol. The zero-order chi connectivity index (χ0) is 21.3. The van der Waals surface area contributed by atoms with Gasteiger partial charge in [0.05, 0.1) is 12.8 Å². The van der Waals surface area contributed by atoms with E-state index in [2.05, 4.69) is 10.4 Å². The average Bonchev–Trinajstić information content (AvgIpc) is 3.36. The highest BCUT2D eigenvalue weighted by Crippen LogP contribution is 2.26. The smallest absolute Gasteiger partial charge is 0.274 e. The van der Waals surface area contributed by atoms with Crippen molar-refractivity contribution in [3.8, 4) is 0 Å². The normalized spacial score (nSPS) is 15.8. The number of carbonyl (C=O) groups excluding carboxylic acids is 1. The maximum absolute atomic E-state index is 13.9. The van der Waals surface area contributed by atoms with Crippen LogP contribution in [0.1, 0.15) is 39.5 Å². The first-order valence-electron chi connectivity index (χ1n) is 9.93. The van der Waals surface area contributed by atoms with Crippen LogP contribution in [0.5, 0.6) is 0 Å². The number of hydrogen-bond donors (Lipinski definition) is 1. The van der Waals surface area contributed by atoms with Crippen LogP contribution in [-0.2, 0) is 33.0 Å². The van der Waals surface area contributed by atoms with E-state index in [4.69, 9.17) is 4.42 Å². The number of furan rings is 1. The Morgan fingerprint density at radius 1 is 1.33 bits per heavy atom. The first kappa shape index (κ1) is 20.3.